The van der Waals surface area contributed by atoms with Gasteiger partial charge >= 0.3 is 5.76 Å². The number of thiazole rings is 1. The first-order valence-corrected chi connectivity index (χ1v) is 8.93. The summed E-state index contributed by atoms with van der Waals surface area (Å²) in [6, 6.07) is 7.53. The van der Waals surface area contributed by atoms with E-state index >= 15 is 0 Å². The van der Waals surface area contributed by atoms with Crippen LogP contribution in [0.1, 0.15) is 16.8 Å². The van der Waals surface area contributed by atoms with Gasteiger partial charge in [-0.1, -0.05) is 12.1 Å². The van der Waals surface area contributed by atoms with E-state index in [-0.39, 0.29) is 11.9 Å². The molecule has 0 saturated carbocycles. The lowest BCUT2D eigenvalue weighted by molar-refractivity contribution is -0.0310. The lowest BCUT2D eigenvalue weighted by Gasteiger charge is -2.31. The Morgan fingerprint density at radius 2 is 2.21 bits per heavy atom. The van der Waals surface area contributed by atoms with Crippen LogP contribution in [-0.4, -0.2) is 40.7 Å². The fourth-order valence-corrected chi connectivity index (χ4v) is 3.88. The Labute approximate surface area is 143 Å². The average Bonchev–Trinajstić information content (AvgIpc) is 3.16. The first kappa shape index (κ1) is 15.6. The third-order valence-corrected chi connectivity index (χ3v) is 5.33. The molecular formula is C17H19N3O3S. The molecule has 3 aromatic rings. The molecule has 6 nitrogen and oxygen atoms in total. The van der Waals surface area contributed by atoms with Crippen LogP contribution in [0.2, 0.25) is 0 Å². The molecule has 0 aliphatic carbocycles. The third kappa shape index (κ3) is 3.02. The van der Waals surface area contributed by atoms with Gasteiger partial charge in [-0.25, -0.2) is 9.78 Å². The number of aromatic nitrogens is 2. The Balaban J connectivity index is 1.45. The van der Waals surface area contributed by atoms with E-state index in [4.69, 9.17) is 9.15 Å². The lowest BCUT2D eigenvalue weighted by atomic mass is 10.2. The SMILES string of the molecule is Cc1csc([C@H]2CN(CCn3c(=O)oc4ccccc43)CCO2)n1. The molecule has 24 heavy (non-hydrogen) atoms. The standard InChI is InChI=1S/C17H19N3O3S/c1-12-11-24-16(18-12)15-10-19(8-9-22-15)6-7-20-13-4-2-3-5-14(13)23-17(20)21/h2-5,11,15H,6-10H2,1H3/t15-/m1/s1. The highest BCUT2D eigenvalue weighted by Crippen LogP contribution is 2.25. The molecule has 2 aromatic heterocycles. The summed E-state index contributed by atoms with van der Waals surface area (Å²) in [6.07, 6.45) is 0.0234. The predicted octanol–water partition coefficient (Wildman–Crippen LogP) is 2.43. The van der Waals surface area contributed by atoms with Crippen molar-refractivity contribution < 1.29 is 9.15 Å². The van der Waals surface area contributed by atoms with E-state index in [0.29, 0.717) is 18.7 Å². The molecule has 0 unspecified atom stereocenters. The van der Waals surface area contributed by atoms with Crippen molar-refractivity contribution in [2.75, 3.05) is 26.2 Å². The minimum atomic E-state index is -0.295. The second kappa shape index (κ2) is 6.51. The summed E-state index contributed by atoms with van der Waals surface area (Å²) >= 11 is 1.65. The molecule has 0 radical (unpaired) electrons. The molecule has 1 aliphatic heterocycles. The summed E-state index contributed by atoms with van der Waals surface area (Å²) < 4.78 is 12.8. The zero-order valence-corrected chi connectivity index (χ0v) is 14.3. The number of nitrogens with zero attached hydrogens (tertiary/aromatic N) is 3. The van der Waals surface area contributed by atoms with Crippen LogP contribution in [0.3, 0.4) is 0 Å². The van der Waals surface area contributed by atoms with Gasteiger partial charge in [-0.2, -0.15) is 0 Å². The first-order chi connectivity index (χ1) is 11.7. The van der Waals surface area contributed by atoms with Crippen molar-refractivity contribution in [3.63, 3.8) is 0 Å². The summed E-state index contributed by atoms with van der Waals surface area (Å²) in [4.78, 5) is 18.9. The van der Waals surface area contributed by atoms with Crippen molar-refractivity contribution in [2.45, 2.75) is 19.6 Å². The number of oxazole rings is 1. The molecule has 7 heteroatoms. The van der Waals surface area contributed by atoms with Crippen LogP contribution in [-0.2, 0) is 11.3 Å². The number of hydrogen-bond donors (Lipinski definition) is 0. The number of rotatable bonds is 4. The van der Waals surface area contributed by atoms with Crippen molar-refractivity contribution in [1.82, 2.24) is 14.5 Å². The number of benzene rings is 1. The van der Waals surface area contributed by atoms with Gasteiger partial charge in [0, 0.05) is 37.3 Å². The van der Waals surface area contributed by atoms with E-state index in [0.717, 1.165) is 35.9 Å². The number of fused-ring (bicyclic) bond motifs is 1. The molecule has 1 aromatic carbocycles. The van der Waals surface area contributed by atoms with Gasteiger partial charge < -0.3 is 9.15 Å². The van der Waals surface area contributed by atoms with E-state index in [1.165, 1.54) is 0 Å². The van der Waals surface area contributed by atoms with E-state index in [1.807, 2.05) is 31.2 Å². The Morgan fingerprint density at radius 1 is 1.33 bits per heavy atom. The molecule has 1 atom stereocenters. The second-order valence-electron chi connectivity index (χ2n) is 5.97. The van der Waals surface area contributed by atoms with Gasteiger partial charge in [-0.3, -0.25) is 9.47 Å². The number of para-hydroxylation sites is 2. The molecule has 0 bridgehead atoms. The Kier molecular flexibility index (Phi) is 4.22. The van der Waals surface area contributed by atoms with E-state index in [1.54, 1.807) is 15.9 Å². The van der Waals surface area contributed by atoms with Crippen LogP contribution in [0.15, 0.2) is 38.9 Å². The highest BCUT2D eigenvalue weighted by atomic mass is 32.1. The van der Waals surface area contributed by atoms with Gasteiger partial charge in [-0.15, -0.1) is 11.3 Å². The fraction of sp³-hybridized carbons (Fsp3) is 0.412. The maximum absolute atomic E-state index is 12.0. The topological polar surface area (TPSA) is 60.5 Å². The van der Waals surface area contributed by atoms with E-state index < -0.39 is 0 Å². The molecule has 1 fully saturated rings. The van der Waals surface area contributed by atoms with Crippen molar-refractivity contribution in [2.24, 2.45) is 0 Å². The molecule has 0 spiro atoms. The molecular weight excluding hydrogens is 326 g/mol. The summed E-state index contributed by atoms with van der Waals surface area (Å²) in [5, 5.41) is 3.08. The summed E-state index contributed by atoms with van der Waals surface area (Å²) in [7, 11) is 0. The zero-order valence-electron chi connectivity index (χ0n) is 13.5. The van der Waals surface area contributed by atoms with Gasteiger partial charge in [0.2, 0.25) is 0 Å². The van der Waals surface area contributed by atoms with E-state index in [9.17, 15) is 4.79 Å². The minimum Gasteiger partial charge on any atom is -0.408 e. The van der Waals surface area contributed by atoms with Gasteiger partial charge in [0.1, 0.15) is 11.1 Å². The van der Waals surface area contributed by atoms with Crippen LogP contribution < -0.4 is 5.76 Å². The van der Waals surface area contributed by atoms with Crippen LogP contribution >= 0.6 is 11.3 Å². The maximum Gasteiger partial charge on any atom is 0.419 e. The Hall–Kier alpha value is -1.96. The number of hydrogen-bond acceptors (Lipinski definition) is 6. The molecule has 3 heterocycles. The maximum atomic E-state index is 12.0. The smallest absolute Gasteiger partial charge is 0.408 e. The van der Waals surface area contributed by atoms with Gasteiger partial charge in [0.15, 0.2) is 5.58 Å². The van der Waals surface area contributed by atoms with E-state index in [2.05, 4.69) is 15.3 Å². The molecule has 0 amide bonds. The van der Waals surface area contributed by atoms with Crippen LogP contribution in [0.4, 0.5) is 0 Å². The van der Waals surface area contributed by atoms with Crippen molar-refractivity contribution >= 4 is 22.4 Å². The molecule has 4 rings (SSSR count). The van der Waals surface area contributed by atoms with Gasteiger partial charge in [-0.05, 0) is 19.1 Å². The number of morpholine rings is 1. The molecule has 1 saturated heterocycles. The monoisotopic (exact) mass is 345 g/mol. The molecule has 1 aliphatic rings. The Bertz CT molecular complexity index is 898. The Morgan fingerprint density at radius 3 is 3.04 bits per heavy atom. The van der Waals surface area contributed by atoms with Gasteiger partial charge in [0.05, 0.1) is 12.1 Å². The summed E-state index contributed by atoms with van der Waals surface area (Å²) in [6.45, 7) is 5.75. The fourth-order valence-electron chi connectivity index (χ4n) is 3.04. The van der Waals surface area contributed by atoms with Gasteiger partial charge in [0.25, 0.3) is 0 Å². The largest absolute Gasteiger partial charge is 0.419 e. The van der Waals surface area contributed by atoms with Crippen molar-refractivity contribution in [3.05, 3.63) is 50.9 Å². The normalized spacial score (nSPS) is 19.1. The zero-order chi connectivity index (χ0) is 16.5. The lowest BCUT2D eigenvalue weighted by Crippen LogP contribution is -2.40. The predicted molar refractivity (Wildman–Crippen MR) is 92.5 cm³/mol. The highest BCUT2D eigenvalue weighted by molar-refractivity contribution is 7.09. The average molecular weight is 345 g/mol. The quantitative estimate of drug-likeness (QED) is 0.727. The van der Waals surface area contributed by atoms with Crippen molar-refractivity contribution in [3.8, 4) is 0 Å². The molecule has 0 N–H and O–H groups in total. The number of ether oxygens (including phenoxy) is 1. The minimum absolute atomic E-state index is 0.0234. The highest BCUT2D eigenvalue weighted by Gasteiger charge is 2.24. The number of aryl methyl sites for hydroxylation is 1. The second-order valence-corrected chi connectivity index (χ2v) is 6.86. The van der Waals surface area contributed by atoms with Crippen LogP contribution in [0.25, 0.3) is 11.1 Å². The summed E-state index contributed by atoms with van der Waals surface area (Å²) in [5.41, 5.74) is 2.52. The first-order valence-electron chi connectivity index (χ1n) is 8.05. The summed E-state index contributed by atoms with van der Waals surface area (Å²) in [5.74, 6) is -0.295. The van der Waals surface area contributed by atoms with Crippen LogP contribution in [0.5, 0.6) is 0 Å². The molecule has 126 valence electrons. The van der Waals surface area contributed by atoms with Crippen molar-refractivity contribution in [1.29, 1.82) is 0 Å². The van der Waals surface area contributed by atoms with Crippen LogP contribution in [0, 0.1) is 6.92 Å². The third-order valence-electron chi connectivity index (χ3n) is 4.28.